The van der Waals surface area contributed by atoms with Crippen molar-refractivity contribution < 1.29 is 34.0 Å². The Labute approximate surface area is 109 Å². The van der Waals surface area contributed by atoms with Crippen LogP contribution in [0.15, 0.2) is 0 Å². The fraction of sp³-hybridized carbons (Fsp3) is 0.800. The average Bonchev–Trinajstić information content (AvgIpc) is 2.33. The van der Waals surface area contributed by atoms with Gasteiger partial charge in [0.1, 0.15) is 31.0 Å². The van der Waals surface area contributed by atoms with Crippen LogP contribution in [-0.2, 0) is 19.0 Å². The number of aliphatic hydroxyl groups excluding tert-OH is 2. The fourth-order valence-electron chi connectivity index (χ4n) is 1.82. The molecule has 1 fully saturated rings. The van der Waals surface area contributed by atoms with E-state index < -0.39 is 42.6 Å². The smallest absolute Gasteiger partial charge is 0.404 e. The first-order valence-corrected chi connectivity index (χ1v) is 5.60. The van der Waals surface area contributed by atoms with Gasteiger partial charge in [0.25, 0.3) is 0 Å². The molecule has 0 spiro atoms. The van der Waals surface area contributed by atoms with Crippen LogP contribution in [0, 0.1) is 0 Å². The molecule has 1 saturated heterocycles. The molecular formula is C10H18N2O7. The first-order chi connectivity index (χ1) is 8.86. The summed E-state index contributed by atoms with van der Waals surface area (Å²) >= 11 is 0. The molecule has 0 aromatic heterocycles. The van der Waals surface area contributed by atoms with Gasteiger partial charge in [-0.3, -0.25) is 4.79 Å². The van der Waals surface area contributed by atoms with Gasteiger partial charge in [-0.15, -0.1) is 0 Å². The van der Waals surface area contributed by atoms with Crippen molar-refractivity contribution in [1.29, 1.82) is 0 Å². The number of amides is 2. The molecule has 0 saturated carbocycles. The molecule has 0 radical (unpaired) electrons. The number of ether oxygens (including phenoxy) is 3. The highest BCUT2D eigenvalue weighted by Gasteiger charge is 2.45. The summed E-state index contributed by atoms with van der Waals surface area (Å²) in [7, 11) is 1.32. The SMILES string of the molecule is CO[C@H]1O[C@H](COC(N)=O)[C@@H](O)[C@H](O)[C@H]1NC(C)=O. The topological polar surface area (TPSA) is 140 Å². The van der Waals surface area contributed by atoms with Crippen molar-refractivity contribution in [2.45, 2.75) is 37.6 Å². The number of hydrogen-bond donors (Lipinski definition) is 4. The summed E-state index contributed by atoms with van der Waals surface area (Å²) in [6.45, 7) is 0.925. The summed E-state index contributed by atoms with van der Waals surface area (Å²) in [6.07, 6.45) is -5.70. The summed E-state index contributed by atoms with van der Waals surface area (Å²) in [5, 5.41) is 22.2. The molecule has 0 unspecified atom stereocenters. The molecule has 1 aliphatic rings. The van der Waals surface area contributed by atoms with Crippen molar-refractivity contribution in [1.82, 2.24) is 5.32 Å². The number of carbonyl (C=O) groups excluding carboxylic acids is 2. The Hall–Kier alpha value is -1.42. The first kappa shape index (κ1) is 15.6. The normalized spacial score (nSPS) is 34.6. The molecule has 0 aliphatic carbocycles. The van der Waals surface area contributed by atoms with Crippen molar-refractivity contribution in [3.05, 3.63) is 0 Å². The minimum Gasteiger partial charge on any atom is -0.447 e. The fourth-order valence-corrected chi connectivity index (χ4v) is 1.82. The second-order valence-corrected chi connectivity index (χ2v) is 4.12. The van der Waals surface area contributed by atoms with E-state index in [0.29, 0.717) is 0 Å². The van der Waals surface area contributed by atoms with Gasteiger partial charge in [0.15, 0.2) is 6.29 Å². The lowest BCUT2D eigenvalue weighted by Crippen LogP contribution is -2.64. The van der Waals surface area contributed by atoms with Crippen molar-refractivity contribution >= 4 is 12.0 Å². The van der Waals surface area contributed by atoms with Crippen LogP contribution in [0.3, 0.4) is 0 Å². The lowest BCUT2D eigenvalue weighted by Gasteiger charge is -2.41. The van der Waals surface area contributed by atoms with Crippen LogP contribution in [0.4, 0.5) is 4.79 Å². The van der Waals surface area contributed by atoms with Crippen molar-refractivity contribution in [3.8, 4) is 0 Å². The van der Waals surface area contributed by atoms with E-state index >= 15 is 0 Å². The van der Waals surface area contributed by atoms with Crippen LogP contribution < -0.4 is 11.1 Å². The van der Waals surface area contributed by atoms with Gasteiger partial charge in [0.2, 0.25) is 5.91 Å². The molecular weight excluding hydrogens is 260 g/mol. The van der Waals surface area contributed by atoms with Crippen LogP contribution in [0.1, 0.15) is 6.92 Å². The zero-order valence-corrected chi connectivity index (χ0v) is 10.6. The Morgan fingerprint density at radius 2 is 2.00 bits per heavy atom. The molecule has 0 aromatic rings. The number of carbonyl (C=O) groups is 2. The van der Waals surface area contributed by atoms with E-state index in [4.69, 9.17) is 15.2 Å². The van der Waals surface area contributed by atoms with E-state index in [2.05, 4.69) is 10.1 Å². The highest BCUT2D eigenvalue weighted by molar-refractivity contribution is 5.73. The van der Waals surface area contributed by atoms with E-state index in [9.17, 15) is 19.8 Å². The summed E-state index contributed by atoms with van der Waals surface area (Å²) < 4.78 is 14.8. The zero-order valence-electron chi connectivity index (χ0n) is 10.6. The molecule has 0 bridgehead atoms. The molecule has 110 valence electrons. The highest BCUT2D eigenvalue weighted by atomic mass is 16.7. The van der Waals surface area contributed by atoms with Crippen LogP contribution in [0.2, 0.25) is 0 Å². The number of rotatable bonds is 4. The van der Waals surface area contributed by atoms with Crippen LogP contribution in [0.25, 0.3) is 0 Å². The Balaban J connectivity index is 2.72. The van der Waals surface area contributed by atoms with Gasteiger partial charge >= 0.3 is 6.09 Å². The van der Waals surface area contributed by atoms with E-state index in [1.807, 2.05) is 0 Å². The van der Waals surface area contributed by atoms with Crippen LogP contribution in [-0.4, -0.2) is 66.6 Å². The minimum absolute atomic E-state index is 0.333. The maximum absolute atomic E-state index is 11.0. The predicted molar refractivity (Wildman–Crippen MR) is 60.8 cm³/mol. The molecule has 5 atom stereocenters. The summed E-state index contributed by atoms with van der Waals surface area (Å²) in [4.78, 5) is 21.5. The average molecular weight is 278 g/mol. The van der Waals surface area contributed by atoms with Gasteiger partial charge in [-0.1, -0.05) is 0 Å². The molecule has 19 heavy (non-hydrogen) atoms. The molecule has 9 heteroatoms. The summed E-state index contributed by atoms with van der Waals surface area (Å²) in [6, 6.07) is -0.928. The van der Waals surface area contributed by atoms with Gasteiger partial charge in [0.05, 0.1) is 0 Å². The van der Waals surface area contributed by atoms with E-state index in [0.717, 1.165) is 0 Å². The first-order valence-electron chi connectivity index (χ1n) is 5.60. The molecule has 1 rings (SSSR count). The number of nitrogens with one attached hydrogen (secondary N) is 1. The second kappa shape index (κ2) is 6.66. The molecule has 9 nitrogen and oxygen atoms in total. The maximum Gasteiger partial charge on any atom is 0.404 e. The van der Waals surface area contributed by atoms with E-state index in [-0.39, 0.29) is 6.61 Å². The largest absolute Gasteiger partial charge is 0.447 e. The number of aliphatic hydroxyl groups is 2. The minimum atomic E-state index is -1.36. The Morgan fingerprint density at radius 3 is 2.47 bits per heavy atom. The summed E-state index contributed by atoms with van der Waals surface area (Å²) in [5.74, 6) is -0.409. The third kappa shape index (κ3) is 4.03. The Kier molecular flexibility index (Phi) is 5.48. The van der Waals surface area contributed by atoms with Crippen LogP contribution in [0.5, 0.6) is 0 Å². The monoisotopic (exact) mass is 278 g/mol. The standard InChI is InChI=1S/C10H18N2O7/c1-4(13)12-6-8(15)7(14)5(3-18-10(11)16)19-9(6)17-2/h5-9,14-15H,3H2,1-2H3,(H2,11,16)(H,12,13)/t5-,6-,7-,8-,9+/m1/s1. The molecule has 5 N–H and O–H groups in total. The number of hydrogen-bond acceptors (Lipinski definition) is 7. The Bertz CT molecular complexity index is 334. The van der Waals surface area contributed by atoms with Gasteiger partial charge in [-0.05, 0) is 0 Å². The second-order valence-electron chi connectivity index (χ2n) is 4.12. The molecule has 1 aliphatic heterocycles. The zero-order chi connectivity index (χ0) is 14.6. The number of nitrogens with two attached hydrogens (primary N) is 1. The maximum atomic E-state index is 11.0. The van der Waals surface area contributed by atoms with Crippen LogP contribution >= 0.6 is 0 Å². The van der Waals surface area contributed by atoms with E-state index in [1.165, 1.54) is 14.0 Å². The molecule has 2 amide bonds. The third-order valence-electron chi connectivity index (χ3n) is 2.69. The third-order valence-corrected chi connectivity index (χ3v) is 2.69. The van der Waals surface area contributed by atoms with Gasteiger partial charge < -0.3 is 35.5 Å². The van der Waals surface area contributed by atoms with Gasteiger partial charge in [-0.2, -0.15) is 0 Å². The molecule has 1 heterocycles. The van der Waals surface area contributed by atoms with E-state index in [1.54, 1.807) is 0 Å². The molecule has 0 aromatic carbocycles. The Morgan fingerprint density at radius 1 is 1.37 bits per heavy atom. The number of primary amides is 1. The quantitative estimate of drug-likeness (QED) is 0.452. The number of methoxy groups -OCH3 is 1. The van der Waals surface area contributed by atoms with Gasteiger partial charge in [0, 0.05) is 14.0 Å². The predicted octanol–water partition coefficient (Wildman–Crippen LogP) is -2.32. The highest BCUT2D eigenvalue weighted by Crippen LogP contribution is 2.22. The van der Waals surface area contributed by atoms with Crippen molar-refractivity contribution in [2.24, 2.45) is 5.73 Å². The summed E-state index contributed by atoms with van der Waals surface area (Å²) in [5.41, 5.74) is 4.80. The lowest BCUT2D eigenvalue weighted by molar-refractivity contribution is -0.262. The van der Waals surface area contributed by atoms with Crippen molar-refractivity contribution in [3.63, 3.8) is 0 Å². The van der Waals surface area contributed by atoms with Crippen molar-refractivity contribution in [2.75, 3.05) is 13.7 Å². The van der Waals surface area contributed by atoms with Gasteiger partial charge in [-0.25, -0.2) is 4.79 Å². The lowest BCUT2D eigenvalue weighted by atomic mass is 9.97.